The van der Waals surface area contributed by atoms with E-state index in [-0.39, 0.29) is 18.6 Å². The Morgan fingerprint density at radius 1 is 1.60 bits per heavy atom. The van der Waals surface area contributed by atoms with Crippen LogP contribution in [0.3, 0.4) is 0 Å². The van der Waals surface area contributed by atoms with Crippen LogP contribution >= 0.6 is 0 Å². The maximum absolute atomic E-state index is 11.9. The van der Waals surface area contributed by atoms with Crippen molar-refractivity contribution < 1.29 is 9.90 Å². The van der Waals surface area contributed by atoms with Crippen LogP contribution in [0.25, 0.3) is 0 Å². The lowest BCUT2D eigenvalue weighted by atomic mass is 10.0. The molecule has 88 valence electrons. The summed E-state index contributed by atoms with van der Waals surface area (Å²) in [5.41, 5.74) is 5.84. The number of rotatable bonds is 4. The van der Waals surface area contributed by atoms with Gasteiger partial charge in [-0.2, -0.15) is 0 Å². The van der Waals surface area contributed by atoms with E-state index >= 15 is 0 Å². The molecule has 0 bridgehead atoms. The van der Waals surface area contributed by atoms with Crippen molar-refractivity contribution in [3.05, 3.63) is 0 Å². The highest BCUT2D eigenvalue weighted by Gasteiger charge is 2.31. The molecule has 4 nitrogen and oxygen atoms in total. The largest absolute Gasteiger partial charge is 0.394 e. The summed E-state index contributed by atoms with van der Waals surface area (Å²) in [6.45, 7) is 4.91. The Balaban J connectivity index is 2.51. The van der Waals surface area contributed by atoms with Crippen molar-refractivity contribution in [3.8, 4) is 0 Å². The van der Waals surface area contributed by atoms with Crippen LogP contribution in [0.4, 0.5) is 0 Å². The number of carbonyl (C=O) groups is 1. The van der Waals surface area contributed by atoms with Crippen LogP contribution in [0.2, 0.25) is 0 Å². The Bertz CT molecular complexity index is 219. The summed E-state index contributed by atoms with van der Waals surface area (Å²) in [6, 6.07) is -0.409. The zero-order valence-corrected chi connectivity index (χ0v) is 9.65. The van der Waals surface area contributed by atoms with E-state index in [4.69, 9.17) is 10.8 Å². The van der Waals surface area contributed by atoms with E-state index < -0.39 is 6.04 Å². The maximum Gasteiger partial charge on any atom is 0.239 e. The second-order valence-electron chi connectivity index (χ2n) is 4.75. The van der Waals surface area contributed by atoms with E-state index in [2.05, 4.69) is 13.8 Å². The number of aliphatic hydroxyl groups excluding tert-OH is 1. The molecule has 1 rings (SSSR count). The molecule has 1 heterocycles. The van der Waals surface area contributed by atoms with Gasteiger partial charge in [0.25, 0.3) is 0 Å². The van der Waals surface area contributed by atoms with Crippen molar-refractivity contribution in [3.63, 3.8) is 0 Å². The lowest BCUT2D eigenvalue weighted by molar-refractivity contribution is -0.134. The highest BCUT2D eigenvalue weighted by atomic mass is 16.3. The molecule has 15 heavy (non-hydrogen) atoms. The van der Waals surface area contributed by atoms with E-state index in [1.807, 2.05) is 0 Å². The van der Waals surface area contributed by atoms with Gasteiger partial charge in [0.15, 0.2) is 0 Å². The summed E-state index contributed by atoms with van der Waals surface area (Å²) < 4.78 is 0. The summed E-state index contributed by atoms with van der Waals surface area (Å²) in [6.07, 6.45) is 2.59. The predicted molar refractivity (Wildman–Crippen MR) is 59.3 cm³/mol. The molecule has 1 amide bonds. The molecule has 0 aromatic rings. The fraction of sp³-hybridized carbons (Fsp3) is 0.909. The fourth-order valence-electron chi connectivity index (χ4n) is 2.14. The SMILES string of the molecule is CC(C)CC(N)C(=O)N1CCC[C@H]1CO. The number of nitrogens with zero attached hydrogens (tertiary/aromatic N) is 1. The fourth-order valence-corrected chi connectivity index (χ4v) is 2.14. The van der Waals surface area contributed by atoms with Gasteiger partial charge in [0.1, 0.15) is 0 Å². The molecule has 0 saturated carbocycles. The molecule has 1 unspecified atom stereocenters. The van der Waals surface area contributed by atoms with Gasteiger partial charge in [0, 0.05) is 6.54 Å². The maximum atomic E-state index is 11.9. The molecule has 1 fully saturated rings. The molecular weight excluding hydrogens is 192 g/mol. The van der Waals surface area contributed by atoms with E-state index in [0.717, 1.165) is 19.4 Å². The van der Waals surface area contributed by atoms with E-state index in [0.29, 0.717) is 12.3 Å². The van der Waals surface area contributed by atoms with Gasteiger partial charge in [-0.05, 0) is 25.2 Å². The van der Waals surface area contributed by atoms with Crippen LogP contribution < -0.4 is 5.73 Å². The Morgan fingerprint density at radius 3 is 2.80 bits per heavy atom. The van der Waals surface area contributed by atoms with Crippen LogP contribution in [-0.2, 0) is 4.79 Å². The first kappa shape index (κ1) is 12.5. The summed E-state index contributed by atoms with van der Waals surface area (Å²) in [5, 5.41) is 9.11. The molecule has 0 radical (unpaired) electrons. The van der Waals surface area contributed by atoms with Crippen LogP contribution in [0.1, 0.15) is 33.1 Å². The highest BCUT2D eigenvalue weighted by Crippen LogP contribution is 2.18. The normalized spacial score (nSPS) is 23.5. The van der Waals surface area contributed by atoms with E-state index in [1.165, 1.54) is 0 Å². The smallest absolute Gasteiger partial charge is 0.239 e. The van der Waals surface area contributed by atoms with Gasteiger partial charge in [-0.25, -0.2) is 0 Å². The zero-order chi connectivity index (χ0) is 11.4. The monoisotopic (exact) mass is 214 g/mol. The molecule has 2 atom stereocenters. The van der Waals surface area contributed by atoms with Gasteiger partial charge in [0.05, 0.1) is 18.7 Å². The number of nitrogens with two attached hydrogens (primary N) is 1. The summed E-state index contributed by atoms with van der Waals surface area (Å²) >= 11 is 0. The quantitative estimate of drug-likeness (QED) is 0.709. The molecule has 1 saturated heterocycles. The van der Waals surface area contributed by atoms with Crippen LogP contribution in [0.5, 0.6) is 0 Å². The molecule has 0 aliphatic carbocycles. The lowest BCUT2D eigenvalue weighted by Gasteiger charge is -2.26. The molecule has 4 heteroatoms. The third-order valence-corrected chi connectivity index (χ3v) is 2.91. The van der Waals surface area contributed by atoms with Gasteiger partial charge in [-0.1, -0.05) is 13.8 Å². The standard InChI is InChI=1S/C11H22N2O2/c1-8(2)6-10(12)11(15)13-5-3-4-9(13)7-14/h8-10,14H,3-7,12H2,1-2H3/t9-,10?/m0/s1. The van der Waals surface area contributed by atoms with Crippen molar-refractivity contribution in [2.45, 2.75) is 45.2 Å². The number of hydrogen-bond donors (Lipinski definition) is 2. The molecule has 0 aromatic carbocycles. The lowest BCUT2D eigenvalue weighted by Crippen LogP contribution is -2.47. The first-order chi connectivity index (χ1) is 7.06. The third-order valence-electron chi connectivity index (χ3n) is 2.91. The van der Waals surface area contributed by atoms with E-state index in [1.54, 1.807) is 4.90 Å². The Morgan fingerprint density at radius 2 is 2.27 bits per heavy atom. The minimum absolute atomic E-state index is 0.000231. The zero-order valence-electron chi connectivity index (χ0n) is 9.65. The third kappa shape index (κ3) is 3.18. The Kier molecular flexibility index (Phi) is 4.54. The number of amides is 1. The van der Waals surface area contributed by atoms with Gasteiger partial charge < -0.3 is 15.7 Å². The second-order valence-corrected chi connectivity index (χ2v) is 4.75. The topological polar surface area (TPSA) is 66.6 Å². The molecule has 0 aromatic heterocycles. The number of carbonyl (C=O) groups excluding carboxylic acids is 1. The molecular formula is C11H22N2O2. The van der Waals surface area contributed by atoms with E-state index in [9.17, 15) is 4.79 Å². The molecule has 1 aliphatic heterocycles. The Hall–Kier alpha value is -0.610. The molecule has 0 spiro atoms. The van der Waals surface area contributed by atoms with Crippen molar-refractivity contribution >= 4 is 5.91 Å². The summed E-state index contributed by atoms with van der Waals surface area (Å²) in [4.78, 5) is 13.7. The van der Waals surface area contributed by atoms with Gasteiger partial charge in [0.2, 0.25) is 5.91 Å². The molecule has 3 N–H and O–H groups in total. The number of likely N-dealkylation sites (tertiary alicyclic amines) is 1. The second kappa shape index (κ2) is 5.47. The average Bonchev–Trinajstić information content (AvgIpc) is 2.62. The summed E-state index contributed by atoms with van der Waals surface area (Å²) in [5.74, 6) is 0.430. The first-order valence-electron chi connectivity index (χ1n) is 5.73. The average molecular weight is 214 g/mol. The van der Waals surface area contributed by atoms with Crippen molar-refractivity contribution in [1.29, 1.82) is 0 Å². The summed E-state index contributed by atoms with van der Waals surface area (Å²) in [7, 11) is 0. The van der Waals surface area contributed by atoms with Gasteiger partial charge >= 0.3 is 0 Å². The van der Waals surface area contributed by atoms with Crippen LogP contribution in [0.15, 0.2) is 0 Å². The van der Waals surface area contributed by atoms with Gasteiger partial charge in [-0.15, -0.1) is 0 Å². The van der Waals surface area contributed by atoms with Crippen molar-refractivity contribution in [2.24, 2.45) is 11.7 Å². The Labute approximate surface area is 91.4 Å². The number of aliphatic hydroxyl groups is 1. The first-order valence-corrected chi connectivity index (χ1v) is 5.73. The molecule has 1 aliphatic rings. The predicted octanol–water partition coefficient (Wildman–Crippen LogP) is 0.343. The number of hydrogen-bond acceptors (Lipinski definition) is 3. The van der Waals surface area contributed by atoms with Crippen LogP contribution in [-0.4, -0.2) is 41.1 Å². The van der Waals surface area contributed by atoms with Crippen molar-refractivity contribution in [1.82, 2.24) is 4.90 Å². The minimum Gasteiger partial charge on any atom is -0.394 e. The minimum atomic E-state index is -0.405. The van der Waals surface area contributed by atoms with Crippen molar-refractivity contribution in [2.75, 3.05) is 13.2 Å². The highest BCUT2D eigenvalue weighted by molar-refractivity contribution is 5.82. The van der Waals surface area contributed by atoms with Crippen LogP contribution in [0, 0.1) is 5.92 Å². The van der Waals surface area contributed by atoms with Gasteiger partial charge in [-0.3, -0.25) is 4.79 Å².